The minimum Gasteiger partial charge on any atom is -0.453 e. The van der Waals surface area contributed by atoms with Crippen LogP contribution in [0.1, 0.15) is 28.9 Å². The third kappa shape index (κ3) is 4.56. The SMILES string of the molecule is COC(=O)N1CCCN(C(=O)Cc2c(C)nn(-c3ccc(C)c(Cl)c3)c2C)CC1. The molecule has 2 amide bonds. The van der Waals surface area contributed by atoms with Crippen LogP contribution in [0.25, 0.3) is 5.69 Å². The molecule has 7 nitrogen and oxygen atoms in total. The van der Waals surface area contributed by atoms with Crippen molar-refractivity contribution >= 4 is 23.6 Å². The molecule has 1 aliphatic rings. The van der Waals surface area contributed by atoms with Crippen LogP contribution in [0.3, 0.4) is 0 Å². The fraction of sp³-hybridized carbons (Fsp3) is 0.476. The molecule has 0 radical (unpaired) electrons. The number of amides is 2. The average Bonchev–Trinajstić information content (AvgIpc) is 2.89. The monoisotopic (exact) mass is 418 g/mol. The van der Waals surface area contributed by atoms with E-state index in [1.165, 1.54) is 7.11 Å². The molecule has 0 aliphatic carbocycles. The van der Waals surface area contributed by atoms with Crippen LogP contribution in [-0.2, 0) is 16.0 Å². The third-order valence-corrected chi connectivity index (χ3v) is 5.86. The summed E-state index contributed by atoms with van der Waals surface area (Å²) in [6.45, 7) is 8.07. The van der Waals surface area contributed by atoms with Gasteiger partial charge in [-0.3, -0.25) is 4.79 Å². The molecule has 1 fully saturated rings. The lowest BCUT2D eigenvalue weighted by atomic mass is 10.1. The lowest BCUT2D eigenvalue weighted by Gasteiger charge is -2.21. The number of methoxy groups -OCH3 is 1. The zero-order valence-corrected chi connectivity index (χ0v) is 18.1. The molecular weight excluding hydrogens is 392 g/mol. The predicted octanol–water partition coefficient (Wildman–Crippen LogP) is 3.29. The van der Waals surface area contributed by atoms with Gasteiger partial charge in [0.25, 0.3) is 0 Å². The first-order valence-electron chi connectivity index (χ1n) is 9.74. The number of benzene rings is 1. The Bertz CT molecular complexity index is 925. The lowest BCUT2D eigenvalue weighted by Crippen LogP contribution is -2.38. The van der Waals surface area contributed by atoms with Crippen LogP contribution in [0.15, 0.2) is 18.2 Å². The van der Waals surface area contributed by atoms with Crippen molar-refractivity contribution < 1.29 is 14.3 Å². The number of halogens is 1. The van der Waals surface area contributed by atoms with Crippen molar-refractivity contribution in [2.45, 2.75) is 33.6 Å². The second-order valence-electron chi connectivity index (χ2n) is 7.36. The van der Waals surface area contributed by atoms with E-state index in [0.29, 0.717) is 31.2 Å². The van der Waals surface area contributed by atoms with Gasteiger partial charge in [-0.15, -0.1) is 0 Å². The summed E-state index contributed by atoms with van der Waals surface area (Å²) in [6.07, 6.45) is 0.680. The number of rotatable bonds is 3. The van der Waals surface area contributed by atoms with E-state index in [9.17, 15) is 9.59 Å². The van der Waals surface area contributed by atoms with Gasteiger partial charge in [0.05, 0.1) is 24.9 Å². The topological polar surface area (TPSA) is 67.7 Å². The molecule has 2 aromatic rings. The van der Waals surface area contributed by atoms with Crippen LogP contribution >= 0.6 is 11.6 Å². The first-order valence-corrected chi connectivity index (χ1v) is 10.1. The van der Waals surface area contributed by atoms with Crippen LogP contribution in [0.5, 0.6) is 0 Å². The van der Waals surface area contributed by atoms with Crippen LogP contribution in [0.4, 0.5) is 4.79 Å². The molecule has 0 atom stereocenters. The molecule has 1 aromatic carbocycles. The minimum absolute atomic E-state index is 0.0457. The van der Waals surface area contributed by atoms with Gasteiger partial charge in [0, 0.05) is 42.5 Å². The zero-order chi connectivity index (χ0) is 21.1. The van der Waals surface area contributed by atoms with Gasteiger partial charge in [0.1, 0.15) is 0 Å². The molecule has 8 heteroatoms. The molecule has 156 valence electrons. The molecule has 0 N–H and O–H groups in total. The normalized spacial score (nSPS) is 14.7. The highest BCUT2D eigenvalue weighted by Gasteiger charge is 2.24. The summed E-state index contributed by atoms with van der Waals surface area (Å²) < 4.78 is 6.63. The fourth-order valence-corrected chi connectivity index (χ4v) is 3.81. The number of ether oxygens (including phenoxy) is 1. The molecule has 1 saturated heterocycles. The van der Waals surface area contributed by atoms with Gasteiger partial charge in [0.2, 0.25) is 5.91 Å². The van der Waals surface area contributed by atoms with Crippen molar-refractivity contribution in [1.29, 1.82) is 0 Å². The molecule has 2 heterocycles. The largest absolute Gasteiger partial charge is 0.453 e. The van der Waals surface area contributed by atoms with Gasteiger partial charge in [0.15, 0.2) is 0 Å². The summed E-state index contributed by atoms with van der Waals surface area (Å²) >= 11 is 6.27. The van der Waals surface area contributed by atoms with Gasteiger partial charge in [-0.1, -0.05) is 17.7 Å². The molecule has 0 unspecified atom stereocenters. The van der Waals surface area contributed by atoms with Crippen molar-refractivity contribution in [2.75, 3.05) is 33.3 Å². The van der Waals surface area contributed by atoms with Gasteiger partial charge < -0.3 is 14.5 Å². The summed E-state index contributed by atoms with van der Waals surface area (Å²) in [5, 5.41) is 5.32. The van der Waals surface area contributed by atoms with E-state index in [0.717, 1.165) is 34.6 Å². The van der Waals surface area contributed by atoms with Crippen LogP contribution < -0.4 is 0 Å². The Hall–Kier alpha value is -2.54. The summed E-state index contributed by atoms with van der Waals surface area (Å²) in [4.78, 5) is 28.2. The predicted molar refractivity (Wildman–Crippen MR) is 112 cm³/mol. The fourth-order valence-electron chi connectivity index (χ4n) is 3.64. The number of aryl methyl sites for hydroxylation is 2. The number of carbonyl (C=O) groups is 2. The van der Waals surface area contributed by atoms with Gasteiger partial charge in [-0.05, 0) is 44.9 Å². The van der Waals surface area contributed by atoms with Crippen LogP contribution in [0.2, 0.25) is 5.02 Å². The molecule has 0 saturated carbocycles. The van der Waals surface area contributed by atoms with Gasteiger partial charge >= 0.3 is 6.09 Å². The molecule has 0 spiro atoms. The summed E-state index contributed by atoms with van der Waals surface area (Å²) in [5.74, 6) is 0.0457. The number of hydrogen-bond acceptors (Lipinski definition) is 4. The molecular formula is C21H27ClN4O3. The maximum absolute atomic E-state index is 12.9. The van der Waals surface area contributed by atoms with Crippen LogP contribution in [0, 0.1) is 20.8 Å². The Morgan fingerprint density at radius 3 is 2.48 bits per heavy atom. The molecule has 29 heavy (non-hydrogen) atoms. The highest BCUT2D eigenvalue weighted by atomic mass is 35.5. The van der Waals surface area contributed by atoms with Crippen molar-refractivity contribution in [2.24, 2.45) is 0 Å². The van der Waals surface area contributed by atoms with E-state index in [1.807, 2.05) is 48.6 Å². The van der Waals surface area contributed by atoms with Crippen molar-refractivity contribution in [1.82, 2.24) is 19.6 Å². The smallest absolute Gasteiger partial charge is 0.409 e. The van der Waals surface area contributed by atoms with Gasteiger partial charge in [-0.2, -0.15) is 5.10 Å². The van der Waals surface area contributed by atoms with Crippen molar-refractivity contribution in [3.05, 3.63) is 45.7 Å². The van der Waals surface area contributed by atoms with E-state index in [-0.39, 0.29) is 18.4 Å². The average molecular weight is 419 g/mol. The highest BCUT2D eigenvalue weighted by molar-refractivity contribution is 6.31. The first-order chi connectivity index (χ1) is 13.8. The van der Waals surface area contributed by atoms with E-state index in [2.05, 4.69) is 5.10 Å². The Morgan fingerprint density at radius 2 is 1.79 bits per heavy atom. The lowest BCUT2D eigenvalue weighted by molar-refractivity contribution is -0.130. The van der Waals surface area contributed by atoms with Crippen molar-refractivity contribution in [3.8, 4) is 5.69 Å². The number of nitrogens with zero attached hydrogens (tertiary/aromatic N) is 4. The summed E-state index contributed by atoms with van der Waals surface area (Å²) in [7, 11) is 1.38. The highest BCUT2D eigenvalue weighted by Crippen LogP contribution is 2.23. The van der Waals surface area contributed by atoms with Gasteiger partial charge in [-0.25, -0.2) is 9.48 Å². The Morgan fingerprint density at radius 1 is 1.10 bits per heavy atom. The number of aromatic nitrogens is 2. The Balaban J connectivity index is 1.75. The molecule has 1 aromatic heterocycles. The summed E-state index contributed by atoms with van der Waals surface area (Å²) in [5.41, 5.74) is 4.58. The number of hydrogen-bond donors (Lipinski definition) is 0. The maximum Gasteiger partial charge on any atom is 0.409 e. The molecule has 1 aliphatic heterocycles. The first kappa shape index (κ1) is 21.2. The maximum atomic E-state index is 12.9. The Labute approximate surface area is 176 Å². The molecule has 3 rings (SSSR count). The third-order valence-electron chi connectivity index (χ3n) is 5.45. The quantitative estimate of drug-likeness (QED) is 0.767. The van der Waals surface area contributed by atoms with E-state index < -0.39 is 0 Å². The molecule has 0 bridgehead atoms. The van der Waals surface area contributed by atoms with E-state index in [1.54, 1.807) is 4.90 Å². The number of carbonyl (C=O) groups excluding carboxylic acids is 2. The van der Waals surface area contributed by atoms with Crippen molar-refractivity contribution in [3.63, 3.8) is 0 Å². The summed E-state index contributed by atoms with van der Waals surface area (Å²) in [6, 6.07) is 5.82. The van der Waals surface area contributed by atoms with E-state index in [4.69, 9.17) is 16.3 Å². The second kappa shape index (κ2) is 8.86. The zero-order valence-electron chi connectivity index (χ0n) is 17.4. The van der Waals surface area contributed by atoms with Crippen LogP contribution in [-0.4, -0.2) is 64.9 Å². The standard InChI is InChI=1S/C21H27ClN4O3/c1-14-6-7-17(12-19(14)22)26-16(3)18(15(2)23-26)13-20(27)24-8-5-9-25(11-10-24)21(28)29-4/h6-7,12H,5,8-11,13H2,1-4H3. The minimum atomic E-state index is -0.343. The second-order valence-corrected chi connectivity index (χ2v) is 7.77. The van der Waals surface area contributed by atoms with E-state index >= 15 is 0 Å². The Kier molecular flexibility index (Phi) is 6.47.